The average molecular weight is 455 g/mol. The summed E-state index contributed by atoms with van der Waals surface area (Å²) < 4.78 is 16.9. The van der Waals surface area contributed by atoms with Gasteiger partial charge in [0.1, 0.15) is 11.6 Å². The van der Waals surface area contributed by atoms with E-state index in [1.54, 1.807) is 42.9 Å². The minimum absolute atomic E-state index is 0.232. The average Bonchev–Trinajstić information content (AvgIpc) is 3.21. The zero-order valence-corrected chi connectivity index (χ0v) is 18.7. The first-order chi connectivity index (χ1) is 15.4. The third-order valence-electron chi connectivity index (χ3n) is 5.07. The second kappa shape index (κ2) is 9.50. The zero-order chi connectivity index (χ0) is 22.7. The van der Waals surface area contributed by atoms with Crippen molar-refractivity contribution in [1.82, 2.24) is 19.5 Å². The third-order valence-corrected chi connectivity index (χ3v) is 5.31. The molecule has 0 unspecified atom stereocenters. The summed E-state index contributed by atoms with van der Waals surface area (Å²) in [7, 11) is 3.90. The lowest BCUT2D eigenvalue weighted by Crippen LogP contribution is -2.47. The van der Waals surface area contributed by atoms with Crippen LogP contribution >= 0.6 is 11.6 Å². The van der Waals surface area contributed by atoms with Crippen LogP contribution in [0.3, 0.4) is 0 Å². The lowest BCUT2D eigenvalue weighted by molar-refractivity contribution is 0.198. The maximum Gasteiger partial charge on any atom is 0.344 e. The van der Waals surface area contributed by atoms with Gasteiger partial charge in [-0.05, 0) is 50.3 Å². The van der Waals surface area contributed by atoms with Gasteiger partial charge in [0.05, 0.1) is 18.4 Å². The number of carbonyl (C=O) groups excluding carboxylic acids is 1. The minimum Gasteiger partial charge on any atom is -0.303 e. The molecule has 1 fully saturated rings. The van der Waals surface area contributed by atoms with Gasteiger partial charge in [-0.25, -0.2) is 19.2 Å². The van der Waals surface area contributed by atoms with Crippen molar-refractivity contribution in [3.05, 3.63) is 77.1 Å². The molecule has 32 heavy (non-hydrogen) atoms. The third kappa shape index (κ3) is 4.81. The Kier molecular flexibility index (Phi) is 6.53. The SMILES string of the molecule is CN(C)Cc1nccn1-c1ccc(N2CCCN(N=Cc3cccc(Cl)c3)C2=O)c(F)c1. The molecule has 7 nitrogen and oxygen atoms in total. The van der Waals surface area contributed by atoms with Crippen molar-refractivity contribution in [1.29, 1.82) is 0 Å². The number of benzene rings is 2. The first-order valence-corrected chi connectivity index (χ1v) is 10.7. The molecule has 0 atom stereocenters. The Hall–Kier alpha value is -3.23. The Balaban J connectivity index is 1.54. The number of rotatable bonds is 6. The van der Waals surface area contributed by atoms with Gasteiger partial charge >= 0.3 is 6.03 Å². The van der Waals surface area contributed by atoms with Gasteiger partial charge in [-0.1, -0.05) is 23.7 Å². The van der Waals surface area contributed by atoms with E-state index in [4.69, 9.17) is 11.6 Å². The van der Waals surface area contributed by atoms with Gasteiger partial charge in [0.2, 0.25) is 0 Å². The summed E-state index contributed by atoms with van der Waals surface area (Å²) in [6.45, 7) is 1.52. The van der Waals surface area contributed by atoms with E-state index in [1.807, 2.05) is 35.7 Å². The van der Waals surface area contributed by atoms with E-state index in [0.29, 0.717) is 36.8 Å². The van der Waals surface area contributed by atoms with Gasteiger partial charge in [-0.15, -0.1) is 0 Å². The van der Waals surface area contributed by atoms with Crippen molar-refractivity contribution in [2.24, 2.45) is 5.10 Å². The number of hydrogen-bond donors (Lipinski definition) is 0. The summed E-state index contributed by atoms with van der Waals surface area (Å²) in [6, 6.07) is 11.7. The zero-order valence-electron chi connectivity index (χ0n) is 17.9. The quantitative estimate of drug-likeness (QED) is 0.519. The number of carbonyl (C=O) groups is 1. The molecule has 0 radical (unpaired) electrons. The standard InChI is InChI=1S/C23H24ClFN6O/c1-28(2)16-22-26-9-12-29(22)19-7-8-21(20(25)14-19)30-10-4-11-31(23(30)32)27-15-17-5-3-6-18(24)13-17/h3,5-9,12-15H,4,10-11,16H2,1-2H3. The second-order valence-electron chi connectivity index (χ2n) is 7.80. The highest BCUT2D eigenvalue weighted by molar-refractivity contribution is 6.30. The highest BCUT2D eigenvalue weighted by Gasteiger charge is 2.28. The number of imidazole rings is 1. The van der Waals surface area contributed by atoms with Crippen molar-refractivity contribution in [2.75, 3.05) is 32.1 Å². The molecule has 0 spiro atoms. The van der Waals surface area contributed by atoms with E-state index in [-0.39, 0.29) is 11.7 Å². The number of amides is 2. The summed E-state index contributed by atoms with van der Waals surface area (Å²) in [5.74, 6) is 0.332. The van der Waals surface area contributed by atoms with Crippen LogP contribution in [0.5, 0.6) is 0 Å². The molecule has 3 aromatic rings. The van der Waals surface area contributed by atoms with Crippen LogP contribution in [0.4, 0.5) is 14.9 Å². The normalized spacial score (nSPS) is 14.7. The summed E-state index contributed by atoms with van der Waals surface area (Å²) in [5.41, 5.74) is 1.67. The predicted octanol–water partition coefficient (Wildman–Crippen LogP) is 4.39. The fourth-order valence-electron chi connectivity index (χ4n) is 3.60. The minimum atomic E-state index is -0.471. The van der Waals surface area contributed by atoms with E-state index in [1.165, 1.54) is 16.0 Å². The van der Waals surface area contributed by atoms with Crippen LogP contribution in [0, 0.1) is 5.82 Å². The van der Waals surface area contributed by atoms with E-state index >= 15 is 4.39 Å². The van der Waals surface area contributed by atoms with Crippen LogP contribution in [-0.4, -0.2) is 58.9 Å². The van der Waals surface area contributed by atoms with Gasteiger partial charge in [0.15, 0.2) is 0 Å². The topological polar surface area (TPSA) is 57.0 Å². The molecule has 1 aliphatic rings. The van der Waals surface area contributed by atoms with Crippen LogP contribution < -0.4 is 4.90 Å². The molecule has 2 amide bonds. The summed E-state index contributed by atoms with van der Waals surface area (Å²) in [6.07, 6.45) is 5.74. The Labute approximate surface area is 191 Å². The van der Waals surface area contributed by atoms with E-state index in [9.17, 15) is 4.79 Å². The maximum atomic E-state index is 15.1. The largest absolute Gasteiger partial charge is 0.344 e. The number of urea groups is 1. The van der Waals surface area contributed by atoms with Crippen molar-refractivity contribution >= 4 is 29.5 Å². The summed E-state index contributed by atoms with van der Waals surface area (Å²) in [4.78, 5) is 20.7. The summed E-state index contributed by atoms with van der Waals surface area (Å²) in [5, 5.41) is 6.24. The highest BCUT2D eigenvalue weighted by atomic mass is 35.5. The number of aromatic nitrogens is 2. The number of anilines is 1. The molecule has 4 rings (SSSR count). The maximum absolute atomic E-state index is 15.1. The molecule has 0 aliphatic carbocycles. The Morgan fingerprint density at radius 1 is 1.22 bits per heavy atom. The molecule has 0 N–H and O–H groups in total. The van der Waals surface area contributed by atoms with Crippen molar-refractivity contribution < 1.29 is 9.18 Å². The molecule has 1 saturated heterocycles. The lowest BCUT2D eigenvalue weighted by atomic mass is 10.2. The van der Waals surface area contributed by atoms with E-state index < -0.39 is 5.82 Å². The number of halogens is 2. The molecule has 1 aliphatic heterocycles. The Morgan fingerprint density at radius 3 is 2.81 bits per heavy atom. The van der Waals surface area contributed by atoms with Crippen LogP contribution in [0.2, 0.25) is 5.02 Å². The molecular weight excluding hydrogens is 431 g/mol. The van der Waals surface area contributed by atoms with Crippen molar-refractivity contribution in [3.8, 4) is 5.69 Å². The van der Waals surface area contributed by atoms with Crippen molar-refractivity contribution in [3.63, 3.8) is 0 Å². The number of nitrogens with zero attached hydrogens (tertiary/aromatic N) is 6. The molecule has 2 heterocycles. The monoisotopic (exact) mass is 454 g/mol. The van der Waals surface area contributed by atoms with Crippen LogP contribution in [-0.2, 0) is 6.54 Å². The van der Waals surface area contributed by atoms with Gasteiger partial charge in [0.25, 0.3) is 0 Å². The van der Waals surface area contributed by atoms with Gasteiger partial charge < -0.3 is 9.47 Å². The Morgan fingerprint density at radius 2 is 2.06 bits per heavy atom. The van der Waals surface area contributed by atoms with E-state index in [2.05, 4.69) is 10.1 Å². The highest BCUT2D eigenvalue weighted by Crippen LogP contribution is 2.26. The Bertz CT molecular complexity index is 1150. The number of hydrazone groups is 1. The van der Waals surface area contributed by atoms with Crippen LogP contribution in [0.25, 0.3) is 5.69 Å². The molecule has 2 aromatic carbocycles. The van der Waals surface area contributed by atoms with Crippen LogP contribution in [0.15, 0.2) is 60.0 Å². The first-order valence-electron chi connectivity index (χ1n) is 10.3. The molecule has 1 aromatic heterocycles. The van der Waals surface area contributed by atoms with Crippen LogP contribution in [0.1, 0.15) is 17.8 Å². The summed E-state index contributed by atoms with van der Waals surface area (Å²) >= 11 is 6.00. The molecular formula is C23H24ClFN6O. The molecule has 9 heteroatoms. The first kappa shape index (κ1) is 22.0. The molecule has 166 valence electrons. The molecule has 0 saturated carbocycles. The second-order valence-corrected chi connectivity index (χ2v) is 8.23. The smallest absolute Gasteiger partial charge is 0.303 e. The van der Waals surface area contributed by atoms with Crippen molar-refractivity contribution in [2.45, 2.75) is 13.0 Å². The van der Waals surface area contributed by atoms with Gasteiger partial charge in [-0.2, -0.15) is 5.10 Å². The lowest BCUT2D eigenvalue weighted by Gasteiger charge is -2.32. The molecule has 0 bridgehead atoms. The van der Waals surface area contributed by atoms with Gasteiger partial charge in [0, 0.05) is 42.3 Å². The van der Waals surface area contributed by atoms with Gasteiger partial charge in [-0.3, -0.25) is 4.90 Å². The fraction of sp³-hybridized carbons (Fsp3) is 0.261. The predicted molar refractivity (Wildman–Crippen MR) is 124 cm³/mol. The number of hydrogen-bond acceptors (Lipinski definition) is 4. The fourth-order valence-corrected chi connectivity index (χ4v) is 3.80. The van der Waals surface area contributed by atoms with E-state index in [0.717, 1.165) is 11.4 Å².